The van der Waals surface area contributed by atoms with Gasteiger partial charge < -0.3 is 14.4 Å². The Morgan fingerprint density at radius 1 is 0.409 bits per heavy atom. The molecule has 212 valence electrons. The number of benzene rings is 3. The maximum atomic E-state index is 6.80. The van der Waals surface area contributed by atoms with Crippen molar-refractivity contribution in [3.63, 3.8) is 0 Å². The molecule has 0 atom stereocenters. The van der Waals surface area contributed by atoms with Gasteiger partial charge in [-0.25, -0.2) is 4.98 Å². The van der Waals surface area contributed by atoms with Crippen LogP contribution in [0.2, 0.25) is 0 Å². The molecule has 0 fully saturated rings. The molecule has 1 aliphatic heterocycles. The third-order valence-electron chi connectivity index (χ3n) is 8.47. The van der Waals surface area contributed by atoms with Gasteiger partial charge in [0.05, 0.1) is 27.9 Å². The molecule has 0 amide bonds. The van der Waals surface area contributed by atoms with Crippen molar-refractivity contribution in [2.75, 3.05) is 0 Å². The van der Waals surface area contributed by atoms with E-state index >= 15 is 0 Å². The molecule has 4 aromatic heterocycles. The minimum atomic E-state index is 0.798. The van der Waals surface area contributed by atoms with Crippen LogP contribution in [0, 0.1) is 20.8 Å². The Kier molecular flexibility index (Phi) is 6.09. The molecule has 0 saturated carbocycles. The van der Waals surface area contributed by atoms with E-state index in [9.17, 15) is 0 Å². The molecule has 0 unspecified atom stereocenters. The first-order chi connectivity index (χ1) is 21.5. The summed E-state index contributed by atoms with van der Waals surface area (Å²) >= 11 is 0. The van der Waals surface area contributed by atoms with Crippen molar-refractivity contribution in [3.05, 3.63) is 137 Å². The Balaban J connectivity index is 1.55. The van der Waals surface area contributed by atoms with E-state index in [1.807, 2.05) is 0 Å². The lowest BCUT2D eigenvalue weighted by Crippen LogP contribution is -1.86. The van der Waals surface area contributed by atoms with Gasteiger partial charge in [0.25, 0.3) is 0 Å². The number of furan rings is 1. The molecule has 0 saturated heterocycles. The molecule has 0 spiro atoms. The second-order valence-electron chi connectivity index (χ2n) is 11.7. The fourth-order valence-corrected chi connectivity index (χ4v) is 6.10. The number of aromatic nitrogens is 3. The number of nitrogens with zero attached hydrogens (tertiary/aromatic N) is 1. The molecule has 7 aromatic rings. The van der Waals surface area contributed by atoms with Crippen LogP contribution in [0.15, 0.2) is 114 Å². The van der Waals surface area contributed by atoms with E-state index in [1.165, 1.54) is 16.7 Å². The molecule has 4 nitrogen and oxygen atoms in total. The van der Waals surface area contributed by atoms with Gasteiger partial charge >= 0.3 is 0 Å². The molecular weight excluding hydrogens is 538 g/mol. The van der Waals surface area contributed by atoms with Crippen molar-refractivity contribution in [3.8, 4) is 33.4 Å². The Labute approximate surface area is 255 Å². The maximum absolute atomic E-state index is 6.80. The van der Waals surface area contributed by atoms with Gasteiger partial charge in [-0.3, -0.25) is 0 Å². The highest BCUT2D eigenvalue weighted by Crippen LogP contribution is 2.37. The molecule has 2 N–H and O–H groups in total. The summed E-state index contributed by atoms with van der Waals surface area (Å²) in [5, 5.41) is 0. The van der Waals surface area contributed by atoms with Crippen LogP contribution in [-0.2, 0) is 0 Å². The third-order valence-corrected chi connectivity index (χ3v) is 8.47. The molecule has 4 heteroatoms. The fraction of sp³-hybridized carbons (Fsp3) is 0.0750. The van der Waals surface area contributed by atoms with Gasteiger partial charge in [0.1, 0.15) is 11.2 Å². The van der Waals surface area contributed by atoms with Crippen LogP contribution in [0.5, 0.6) is 0 Å². The zero-order chi connectivity index (χ0) is 29.8. The van der Waals surface area contributed by atoms with Crippen molar-refractivity contribution in [2.45, 2.75) is 20.8 Å². The molecule has 3 aromatic carbocycles. The van der Waals surface area contributed by atoms with Gasteiger partial charge in [0.2, 0.25) is 0 Å². The number of fused-ring (bicyclic) bond motifs is 9. The Morgan fingerprint density at radius 2 is 0.795 bits per heavy atom. The van der Waals surface area contributed by atoms with Crippen molar-refractivity contribution in [2.24, 2.45) is 0 Å². The molecule has 1 aliphatic rings. The minimum absolute atomic E-state index is 0.798. The van der Waals surface area contributed by atoms with E-state index in [4.69, 9.17) is 9.40 Å². The smallest absolute Gasteiger partial charge is 0.137 e. The average Bonchev–Trinajstić information content (AvgIpc) is 3.85. The minimum Gasteiger partial charge on any atom is -0.456 e. The van der Waals surface area contributed by atoms with E-state index in [-0.39, 0.29) is 0 Å². The number of H-pyrrole nitrogens is 2. The zero-order valence-electron chi connectivity index (χ0n) is 24.9. The van der Waals surface area contributed by atoms with E-state index in [2.05, 4.69) is 152 Å². The highest BCUT2D eigenvalue weighted by molar-refractivity contribution is 5.99. The molecule has 8 bridgehead atoms. The first-order valence-electron chi connectivity index (χ1n) is 15.0. The molecule has 44 heavy (non-hydrogen) atoms. The summed E-state index contributed by atoms with van der Waals surface area (Å²) in [7, 11) is 0. The number of rotatable bonds is 3. The average molecular weight is 570 g/mol. The molecular formula is C40H31N3O. The topological polar surface area (TPSA) is 57.6 Å². The number of hydrogen-bond donors (Lipinski definition) is 2. The van der Waals surface area contributed by atoms with Crippen molar-refractivity contribution in [1.82, 2.24) is 15.0 Å². The molecule has 8 rings (SSSR count). The summed E-state index contributed by atoms with van der Waals surface area (Å²) in [5.41, 5.74) is 17.3. The summed E-state index contributed by atoms with van der Waals surface area (Å²) in [5.74, 6) is 0. The molecule has 0 radical (unpaired) electrons. The normalized spacial score (nSPS) is 11.9. The van der Waals surface area contributed by atoms with Gasteiger partial charge in [-0.05, 0) is 86.0 Å². The van der Waals surface area contributed by atoms with Gasteiger partial charge in [-0.15, -0.1) is 0 Å². The van der Waals surface area contributed by atoms with Crippen LogP contribution >= 0.6 is 0 Å². The Bertz CT molecular complexity index is 2330. The standard InChI is InChI=1S/C40H31N3O/c1-24-4-10-27(11-5-24)38-32-18-16-30(41-32)31-17-19-34(42-31)39(28-12-6-25(2)7-13-28)36-22-23-37(44-36)40(35-21-20-33(38)43-35)29-14-8-26(3)9-15-29/h4-23,42-43H,1-3H3. The summed E-state index contributed by atoms with van der Waals surface area (Å²) in [6, 6.07) is 38.6. The van der Waals surface area contributed by atoms with Gasteiger partial charge in [-0.1, -0.05) is 89.5 Å². The van der Waals surface area contributed by atoms with Crippen LogP contribution in [0.25, 0.3) is 78.8 Å². The van der Waals surface area contributed by atoms with E-state index in [1.54, 1.807) is 0 Å². The summed E-state index contributed by atoms with van der Waals surface area (Å²) < 4.78 is 6.80. The Morgan fingerprint density at radius 3 is 1.30 bits per heavy atom. The highest BCUT2D eigenvalue weighted by atomic mass is 16.3. The van der Waals surface area contributed by atoms with Crippen LogP contribution in [0.3, 0.4) is 0 Å². The van der Waals surface area contributed by atoms with Crippen molar-refractivity contribution < 1.29 is 4.42 Å². The SMILES string of the molecule is Cc1ccc(-c2c3nc(c4ccc([nH]4)c(-c4ccc(C)cc4)c4ccc(o4)c(-c4ccc(C)cc4)c4ccc2[nH]4)C=C3)cc1. The van der Waals surface area contributed by atoms with Crippen molar-refractivity contribution >= 4 is 45.4 Å². The van der Waals surface area contributed by atoms with Crippen LogP contribution in [-0.4, -0.2) is 15.0 Å². The third kappa shape index (κ3) is 4.52. The zero-order valence-corrected chi connectivity index (χ0v) is 24.9. The van der Waals surface area contributed by atoms with Crippen LogP contribution < -0.4 is 0 Å². The quantitative estimate of drug-likeness (QED) is 0.222. The molecule has 0 aliphatic carbocycles. The number of nitrogens with one attached hydrogen (secondary N) is 2. The molecule has 5 heterocycles. The van der Waals surface area contributed by atoms with Crippen molar-refractivity contribution in [1.29, 1.82) is 0 Å². The predicted octanol–water partition coefficient (Wildman–Crippen LogP) is 10.9. The number of aromatic amines is 2. The monoisotopic (exact) mass is 569 g/mol. The lowest BCUT2D eigenvalue weighted by Gasteiger charge is -2.05. The summed E-state index contributed by atoms with van der Waals surface area (Å²) in [6.07, 6.45) is 4.21. The van der Waals surface area contributed by atoms with Crippen LogP contribution in [0.4, 0.5) is 0 Å². The van der Waals surface area contributed by atoms with E-state index in [0.717, 1.165) is 78.0 Å². The second kappa shape index (κ2) is 10.3. The maximum Gasteiger partial charge on any atom is 0.137 e. The van der Waals surface area contributed by atoms with Gasteiger partial charge in [0, 0.05) is 22.2 Å². The highest BCUT2D eigenvalue weighted by Gasteiger charge is 2.16. The first-order valence-corrected chi connectivity index (χ1v) is 15.0. The van der Waals surface area contributed by atoms with Crippen LogP contribution in [0.1, 0.15) is 28.1 Å². The summed E-state index contributed by atoms with van der Waals surface area (Å²) in [6.45, 7) is 6.33. The Hall–Kier alpha value is -5.61. The lowest BCUT2D eigenvalue weighted by molar-refractivity contribution is 0.668. The number of aryl methyl sites for hydroxylation is 3. The second-order valence-corrected chi connectivity index (χ2v) is 11.7. The largest absolute Gasteiger partial charge is 0.456 e. The first kappa shape index (κ1) is 26.1. The fourth-order valence-electron chi connectivity index (χ4n) is 6.10. The summed E-state index contributed by atoms with van der Waals surface area (Å²) in [4.78, 5) is 12.6. The van der Waals surface area contributed by atoms with Gasteiger partial charge in [0.15, 0.2) is 0 Å². The van der Waals surface area contributed by atoms with Gasteiger partial charge in [-0.2, -0.15) is 0 Å². The predicted molar refractivity (Wildman–Crippen MR) is 184 cm³/mol. The lowest BCUT2D eigenvalue weighted by atomic mass is 10.0. The number of hydrogen-bond acceptors (Lipinski definition) is 2. The van der Waals surface area contributed by atoms with E-state index < -0.39 is 0 Å². The van der Waals surface area contributed by atoms with E-state index in [0.29, 0.717) is 0 Å².